The van der Waals surface area contributed by atoms with E-state index in [0.29, 0.717) is 24.6 Å². The van der Waals surface area contributed by atoms with E-state index in [1.807, 2.05) is 13.8 Å². The first kappa shape index (κ1) is 15.4. The van der Waals surface area contributed by atoms with Crippen molar-refractivity contribution in [2.24, 2.45) is 0 Å². The third-order valence-electron chi connectivity index (χ3n) is 2.53. The maximum absolute atomic E-state index is 12.4. The van der Waals surface area contributed by atoms with Gasteiger partial charge in [-0.1, -0.05) is 0 Å². The van der Waals surface area contributed by atoms with E-state index >= 15 is 0 Å². The first-order valence-corrected chi connectivity index (χ1v) is 6.48. The molecule has 0 aliphatic carbocycles. The number of aliphatic hydroxyl groups is 1. The van der Waals surface area contributed by atoms with Gasteiger partial charge in [0.15, 0.2) is 0 Å². The van der Waals surface area contributed by atoms with Crippen molar-refractivity contribution in [1.29, 1.82) is 0 Å². The lowest BCUT2D eigenvalue weighted by Gasteiger charge is -2.28. The van der Waals surface area contributed by atoms with Gasteiger partial charge in [-0.25, -0.2) is 4.98 Å². The summed E-state index contributed by atoms with van der Waals surface area (Å²) < 4.78 is 5.36. The Hall–Kier alpha value is -1.62. The summed E-state index contributed by atoms with van der Waals surface area (Å²) in [5.74, 6) is 0.158. The van der Waals surface area contributed by atoms with Crippen molar-refractivity contribution in [2.75, 3.05) is 19.7 Å². The van der Waals surface area contributed by atoms with Gasteiger partial charge < -0.3 is 14.7 Å². The summed E-state index contributed by atoms with van der Waals surface area (Å²) in [6, 6.07) is 3.39. The molecule has 5 nitrogen and oxygen atoms in total. The van der Waals surface area contributed by atoms with Gasteiger partial charge in [-0.15, -0.1) is 0 Å². The summed E-state index contributed by atoms with van der Waals surface area (Å²) in [5.41, 5.74) is -0.505. The zero-order valence-corrected chi connectivity index (χ0v) is 12.0. The molecule has 0 spiro atoms. The molecule has 1 rings (SSSR count). The molecular weight excluding hydrogens is 244 g/mol. The molecule has 1 aromatic heterocycles. The van der Waals surface area contributed by atoms with Crippen LogP contribution in [0.3, 0.4) is 0 Å². The Kier molecular flexibility index (Phi) is 5.30. The Morgan fingerprint density at radius 2 is 2.16 bits per heavy atom. The summed E-state index contributed by atoms with van der Waals surface area (Å²) in [7, 11) is 0. The van der Waals surface area contributed by atoms with Crippen molar-refractivity contribution < 1.29 is 14.6 Å². The second-order valence-corrected chi connectivity index (χ2v) is 4.92. The van der Waals surface area contributed by atoms with Crippen LogP contribution in [0.2, 0.25) is 0 Å². The second kappa shape index (κ2) is 6.52. The zero-order chi connectivity index (χ0) is 14.5. The van der Waals surface area contributed by atoms with Crippen molar-refractivity contribution in [3.8, 4) is 5.88 Å². The minimum Gasteiger partial charge on any atom is -0.477 e. The standard InChI is InChI=1S/C14H22N2O3/c1-5-16(10-14(3,4)18)13(17)11-8-7-9-15-12(11)19-6-2/h7-9,18H,5-6,10H2,1-4H3. The van der Waals surface area contributed by atoms with Crippen molar-refractivity contribution >= 4 is 5.91 Å². The van der Waals surface area contributed by atoms with E-state index < -0.39 is 5.60 Å². The topological polar surface area (TPSA) is 62.7 Å². The lowest BCUT2D eigenvalue weighted by atomic mass is 10.1. The van der Waals surface area contributed by atoms with Gasteiger partial charge in [0, 0.05) is 19.3 Å². The molecule has 0 saturated carbocycles. The van der Waals surface area contributed by atoms with Gasteiger partial charge >= 0.3 is 0 Å². The Bertz CT molecular complexity index is 427. The van der Waals surface area contributed by atoms with Gasteiger partial charge in [0.25, 0.3) is 5.91 Å². The van der Waals surface area contributed by atoms with Crippen molar-refractivity contribution in [3.05, 3.63) is 23.9 Å². The average molecular weight is 266 g/mol. The fourth-order valence-electron chi connectivity index (χ4n) is 1.77. The number of hydrogen-bond donors (Lipinski definition) is 1. The highest BCUT2D eigenvalue weighted by Crippen LogP contribution is 2.18. The Morgan fingerprint density at radius 3 is 2.68 bits per heavy atom. The van der Waals surface area contributed by atoms with Gasteiger partial charge in [-0.05, 0) is 39.8 Å². The molecule has 1 amide bonds. The van der Waals surface area contributed by atoms with E-state index in [4.69, 9.17) is 4.74 Å². The monoisotopic (exact) mass is 266 g/mol. The molecule has 0 aliphatic rings. The number of carbonyl (C=O) groups is 1. The van der Waals surface area contributed by atoms with E-state index in [1.54, 1.807) is 37.1 Å². The summed E-state index contributed by atoms with van der Waals surface area (Å²) in [6.45, 7) is 8.31. The van der Waals surface area contributed by atoms with E-state index in [0.717, 1.165) is 0 Å². The van der Waals surface area contributed by atoms with Gasteiger partial charge in [0.1, 0.15) is 5.56 Å². The van der Waals surface area contributed by atoms with Crippen LogP contribution in [-0.4, -0.2) is 46.2 Å². The SMILES string of the molecule is CCOc1ncccc1C(=O)N(CC)CC(C)(C)O. The summed E-state index contributed by atoms with van der Waals surface area (Å²) in [4.78, 5) is 18.1. The number of nitrogens with zero attached hydrogens (tertiary/aromatic N) is 2. The van der Waals surface area contributed by atoms with Crippen LogP contribution >= 0.6 is 0 Å². The molecule has 5 heteroatoms. The highest BCUT2D eigenvalue weighted by atomic mass is 16.5. The minimum absolute atomic E-state index is 0.179. The largest absolute Gasteiger partial charge is 0.477 e. The number of carbonyl (C=O) groups excluding carboxylic acids is 1. The van der Waals surface area contributed by atoms with Crippen LogP contribution in [0, 0.1) is 0 Å². The Morgan fingerprint density at radius 1 is 1.47 bits per heavy atom. The number of aromatic nitrogens is 1. The summed E-state index contributed by atoms with van der Waals surface area (Å²) in [5, 5.41) is 9.85. The van der Waals surface area contributed by atoms with Crippen LogP contribution in [0.5, 0.6) is 5.88 Å². The van der Waals surface area contributed by atoms with Gasteiger partial charge in [0.2, 0.25) is 5.88 Å². The van der Waals surface area contributed by atoms with Gasteiger partial charge in [0.05, 0.1) is 12.2 Å². The van der Waals surface area contributed by atoms with E-state index in [-0.39, 0.29) is 12.5 Å². The lowest BCUT2D eigenvalue weighted by Crippen LogP contribution is -2.42. The molecule has 0 atom stereocenters. The number of rotatable bonds is 6. The number of pyridine rings is 1. The Labute approximate surface area is 114 Å². The molecule has 0 aromatic carbocycles. The van der Waals surface area contributed by atoms with Crippen LogP contribution in [0.1, 0.15) is 38.1 Å². The van der Waals surface area contributed by atoms with Gasteiger partial charge in [-0.2, -0.15) is 0 Å². The number of likely N-dealkylation sites (N-methyl/N-ethyl adjacent to an activating group) is 1. The van der Waals surface area contributed by atoms with Crippen molar-refractivity contribution in [2.45, 2.75) is 33.3 Å². The molecular formula is C14H22N2O3. The average Bonchev–Trinajstić information content (AvgIpc) is 2.35. The maximum Gasteiger partial charge on any atom is 0.259 e. The molecule has 0 radical (unpaired) electrons. The molecule has 1 aromatic rings. The van der Waals surface area contributed by atoms with Crippen molar-refractivity contribution in [3.63, 3.8) is 0 Å². The quantitative estimate of drug-likeness (QED) is 0.851. The Balaban J connectivity index is 2.97. The number of hydrogen-bond acceptors (Lipinski definition) is 4. The number of amides is 1. The second-order valence-electron chi connectivity index (χ2n) is 4.92. The van der Waals surface area contributed by atoms with E-state index in [1.165, 1.54) is 0 Å². The molecule has 1 heterocycles. The predicted molar refractivity (Wildman–Crippen MR) is 73.3 cm³/mol. The third-order valence-corrected chi connectivity index (χ3v) is 2.53. The molecule has 0 saturated heterocycles. The highest BCUT2D eigenvalue weighted by Gasteiger charge is 2.24. The van der Waals surface area contributed by atoms with E-state index in [9.17, 15) is 9.90 Å². The van der Waals surface area contributed by atoms with Crippen LogP contribution in [0.4, 0.5) is 0 Å². The van der Waals surface area contributed by atoms with Crippen LogP contribution in [0.15, 0.2) is 18.3 Å². The van der Waals surface area contributed by atoms with Gasteiger partial charge in [-0.3, -0.25) is 4.79 Å². The molecule has 1 N–H and O–H groups in total. The van der Waals surface area contributed by atoms with Crippen LogP contribution in [0.25, 0.3) is 0 Å². The molecule has 0 unspecified atom stereocenters. The number of ether oxygens (including phenoxy) is 1. The van der Waals surface area contributed by atoms with E-state index in [2.05, 4.69) is 4.98 Å². The smallest absolute Gasteiger partial charge is 0.259 e. The third kappa shape index (κ3) is 4.52. The van der Waals surface area contributed by atoms with Crippen LogP contribution in [-0.2, 0) is 0 Å². The van der Waals surface area contributed by atoms with Crippen LogP contribution < -0.4 is 4.74 Å². The fourth-order valence-corrected chi connectivity index (χ4v) is 1.77. The first-order chi connectivity index (χ1) is 8.89. The molecule has 0 aliphatic heterocycles. The first-order valence-electron chi connectivity index (χ1n) is 6.48. The molecule has 0 bridgehead atoms. The normalized spacial score (nSPS) is 11.2. The fraction of sp³-hybridized carbons (Fsp3) is 0.571. The minimum atomic E-state index is -0.931. The zero-order valence-electron chi connectivity index (χ0n) is 12.0. The predicted octanol–water partition coefficient (Wildman–Crippen LogP) is 1.71. The highest BCUT2D eigenvalue weighted by molar-refractivity contribution is 5.96. The molecule has 106 valence electrons. The molecule has 19 heavy (non-hydrogen) atoms. The maximum atomic E-state index is 12.4. The summed E-state index contributed by atoms with van der Waals surface area (Å²) >= 11 is 0. The van der Waals surface area contributed by atoms with Crippen molar-refractivity contribution in [1.82, 2.24) is 9.88 Å². The molecule has 0 fully saturated rings. The lowest BCUT2D eigenvalue weighted by molar-refractivity contribution is 0.0312. The summed E-state index contributed by atoms with van der Waals surface area (Å²) in [6.07, 6.45) is 1.59.